The molecule has 1 aromatic carbocycles. The summed E-state index contributed by atoms with van der Waals surface area (Å²) in [5, 5.41) is 0. The second kappa shape index (κ2) is 8.55. The molecule has 92 valence electrons. The Morgan fingerprint density at radius 2 is 1.94 bits per heavy atom. The first-order valence-corrected chi connectivity index (χ1v) is 6.67. The van der Waals surface area contributed by atoms with Gasteiger partial charge >= 0.3 is 0 Å². The lowest BCUT2D eigenvalue weighted by molar-refractivity contribution is 0.677. The van der Waals surface area contributed by atoms with Crippen LogP contribution >= 0.6 is 9.24 Å². The van der Waals surface area contributed by atoms with Crippen molar-refractivity contribution >= 4 is 14.9 Å². The third kappa shape index (κ3) is 3.77. The van der Waals surface area contributed by atoms with Crippen LogP contribution in [-0.4, -0.2) is 25.8 Å². The van der Waals surface area contributed by atoms with E-state index in [1.54, 1.807) is 0 Å². The van der Waals surface area contributed by atoms with Crippen LogP contribution in [0.5, 0.6) is 0 Å². The number of nitrogens with zero attached hydrogens (tertiary/aromatic N) is 1. The van der Waals surface area contributed by atoms with Gasteiger partial charge in [0.2, 0.25) is 0 Å². The fraction of sp³-hybridized carbons (Fsp3) is 0.538. The largest absolute Gasteiger partial charge is 0.367 e. The van der Waals surface area contributed by atoms with Gasteiger partial charge in [0.25, 0.3) is 0 Å². The molecule has 1 aliphatic rings. The van der Waals surface area contributed by atoms with Gasteiger partial charge in [-0.1, -0.05) is 32.3 Å². The van der Waals surface area contributed by atoms with Gasteiger partial charge in [0, 0.05) is 24.8 Å². The van der Waals surface area contributed by atoms with E-state index >= 15 is 0 Å². The van der Waals surface area contributed by atoms with Crippen LogP contribution in [0.25, 0.3) is 0 Å². The molecular formula is C13H25N2P. The number of anilines is 1. The molecule has 1 heterocycles. The predicted molar refractivity (Wildman–Crippen MR) is 78.2 cm³/mol. The number of para-hydroxylation sites is 1. The van der Waals surface area contributed by atoms with Gasteiger partial charge < -0.3 is 10.6 Å². The molecule has 2 N–H and O–H groups in total. The van der Waals surface area contributed by atoms with E-state index in [-0.39, 0.29) is 7.43 Å². The second-order valence-corrected chi connectivity index (χ2v) is 3.56. The molecule has 2 nitrogen and oxygen atoms in total. The second-order valence-electron chi connectivity index (χ2n) is 3.56. The van der Waals surface area contributed by atoms with Crippen molar-refractivity contribution in [2.75, 3.05) is 24.7 Å². The molecule has 16 heavy (non-hydrogen) atoms. The number of hydrogen-bond donors (Lipinski definition) is 1. The molecule has 0 spiro atoms. The van der Waals surface area contributed by atoms with Gasteiger partial charge in [-0.15, -0.1) is 9.24 Å². The molecule has 1 fully saturated rings. The zero-order chi connectivity index (χ0) is 11.1. The fourth-order valence-electron chi connectivity index (χ4n) is 2.04. The molecular weight excluding hydrogens is 215 g/mol. The molecule has 1 aliphatic heterocycles. The van der Waals surface area contributed by atoms with Gasteiger partial charge in [-0.05, 0) is 25.0 Å². The molecule has 2 unspecified atom stereocenters. The van der Waals surface area contributed by atoms with Gasteiger partial charge in [-0.2, -0.15) is 0 Å². The van der Waals surface area contributed by atoms with Crippen LogP contribution < -0.4 is 10.6 Å². The Balaban J connectivity index is 0.000000711. The van der Waals surface area contributed by atoms with E-state index in [1.807, 2.05) is 6.66 Å². The summed E-state index contributed by atoms with van der Waals surface area (Å²) in [5.74, 6) is 0. The summed E-state index contributed by atoms with van der Waals surface area (Å²) in [4.78, 5) is 2.42. The Bertz CT molecular complexity index is 264. The van der Waals surface area contributed by atoms with Crippen molar-refractivity contribution in [2.45, 2.75) is 26.3 Å². The van der Waals surface area contributed by atoms with E-state index in [0.29, 0.717) is 6.04 Å². The van der Waals surface area contributed by atoms with E-state index in [9.17, 15) is 0 Å². The van der Waals surface area contributed by atoms with Crippen LogP contribution in [-0.2, 0) is 0 Å². The third-order valence-electron chi connectivity index (χ3n) is 2.74. The Kier molecular flexibility index (Phi) is 8.23. The number of nitrogens with two attached hydrogens (primary N) is 1. The number of rotatable bonds is 2. The highest BCUT2D eigenvalue weighted by Crippen LogP contribution is 2.24. The minimum atomic E-state index is 0. The predicted octanol–water partition coefficient (Wildman–Crippen LogP) is 2.74. The van der Waals surface area contributed by atoms with E-state index < -0.39 is 0 Å². The van der Waals surface area contributed by atoms with Gasteiger partial charge in [0.1, 0.15) is 0 Å². The summed E-state index contributed by atoms with van der Waals surface area (Å²) in [5.41, 5.74) is 7.04. The van der Waals surface area contributed by atoms with Gasteiger partial charge in [-0.3, -0.25) is 0 Å². The van der Waals surface area contributed by atoms with Crippen LogP contribution in [0.3, 0.4) is 0 Å². The van der Waals surface area contributed by atoms with E-state index in [2.05, 4.69) is 44.5 Å². The average molecular weight is 240 g/mol. The van der Waals surface area contributed by atoms with Gasteiger partial charge in [-0.25, -0.2) is 0 Å². The fourth-order valence-corrected chi connectivity index (χ4v) is 2.04. The highest BCUT2D eigenvalue weighted by molar-refractivity contribution is 7.15. The molecule has 2 atom stereocenters. The minimum absolute atomic E-state index is 0. The lowest BCUT2D eigenvalue weighted by atomic mass is 10.2. The van der Waals surface area contributed by atoms with Crippen molar-refractivity contribution in [3.05, 3.63) is 30.3 Å². The highest BCUT2D eigenvalue weighted by atomic mass is 31.0. The van der Waals surface area contributed by atoms with Crippen molar-refractivity contribution < 1.29 is 0 Å². The molecule has 2 rings (SSSR count). The van der Waals surface area contributed by atoms with Crippen molar-refractivity contribution in [2.24, 2.45) is 5.73 Å². The van der Waals surface area contributed by atoms with Crippen LogP contribution in [0.15, 0.2) is 30.3 Å². The lowest BCUT2D eigenvalue weighted by Crippen LogP contribution is -2.35. The van der Waals surface area contributed by atoms with Crippen molar-refractivity contribution in [1.29, 1.82) is 0 Å². The molecule has 3 heteroatoms. The Morgan fingerprint density at radius 1 is 1.31 bits per heavy atom. The summed E-state index contributed by atoms with van der Waals surface area (Å²) in [6, 6.07) is 11.1. The van der Waals surface area contributed by atoms with Gasteiger partial charge in [0.05, 0.1) is 0 Å². The Hall–Kier alpha value is -0.590. The van der Waals surface area contributed by atoms with Crippen LogP contribution in [0.1, 0.15) is 20.3 Å². The zero-order valence-corrected chi connectivity index (χ0v) is 10.5. The first-order chi connectivity index (χ1) is 7.42. The minimum Gasteiger partial charge on any atom is -0.367 e. The van der Waals surface area contributed by atoms with Crippen LogP contribution in [0.4, 0.5) is 5.69 Å². The molecule has 0 aliphatic carbocycles. The third-order valence-corrected chi connectivity index (χ3v) is 2.74. The molecule has 0 saturated carbocycles. The molecule has 0 radical (unpaired) electrons. The first-order valence-electron chi connectivity index (χ1n) is 5.51. The first kappa shape index (κ1) is 15.4. The Morgan fingerprint density at radius 3 is 2.50 bits per heavy atom. The molecule has 1 aromatic rings. The SMILES string of the molecule is C.CP.NCC1CCCN1c1ccccc1. The van der Waals surface area contributed by atoms with Gasteiger partial charge in [0.15, 0.2) is 0 Å². The maximum absolute atomic E-state index is 5.72. The molecule has 1 saturated heterocycles. The maximum atomic E-state index is 5.72. The van der Waals surface area contributed by atoms with Crippen molar-refractivity contribution in [3.8, 4) is 0 Å². The number of hydrogen-bond acceptors (Lipinski definition) is 2. The van der Waals surface area contributed by atoms with Crippen molar-refractivity contribution in [3.63, 3.8) is 0 Å². The lowest BCUT2D eigenvalue weighted by Gasteiger charge is -2.25. The standard InChI is InChI=1S/C11H16N2.CH5P.CH4/c12-9-11-7-4-8-13(11)10-5-2-1-3-6-10;1-2;/h1-3,5-6,11H,4,7-9,12H2;2H2,1H3;1H4. The molecule has 0 bridgehead atoms. The normalized spacial score (nSPS) is 18.4. The van der Waals surface area contributed by atoms with Crippen molar-refractivity contribution in [1.82, 2.24) is 0 Å². The smallest absolute Gasteiger partial charge is 0.0412 e. The highest BCUT2D eigenvalue weighted by Gasteiger charge is 2.22. The van der Waals surface area contributed by atoms with E-state index in [1.165, 1.54) is 18.5 Å². The van der Waals surface area contributed by atoms with E-state index in [0.717, 1.165) is 13.1 Å². The Labute approximate surface area is 102 Å². The van der Waals surface area contributed by atoms with Crippen LogP contribution in [0.2, 0.25) is 0 Å². The van der Waals surface area contributed by atoms with E-state index in [4.69, 9.17) is 5.73 Å². The monoisotopic (exact) mass is 240 g/mol. The van der Waals surface area contributed by atoms with Crippen LogP contribution in [0, 0.1) is 0 Å². The number of benzene rings is 1. The summed E-state index contributed by atoms with van der Waals surface area (Å²) in [6.45, 7) is 3.85. The summed E-state index contributed by atoms with van der Waals surface area (Å²) in [7, 11) is 2.42. The topological polar surface area (TPSA) is 29.3 Å². The zero-order valence-electron chi connectivity index (χ0n) is 9.39. The summed E-state index contributed by atoms with van der Waals surface area (Å²) >= 11 is 0. The summed E-state index contributed by atoms with van der Waals surface area (Å²) in [6.07, 6.45) is 2.52. The molecule has 0 aromatic heterocycles. The quantitative estimate of drug-likeness (QED) is 0.805. The molecule has 0 amide bonds. The summed E-state index contributed by atoms with van der Waals surface area (Å²) < 4.78 is 0. The maximum Gasteiger partial charge on any atom is 0.0412 e. The average Bonchev–Trinajstić information content (AvgIpc) is 2.81.